The normalized spacial score (nSPS) is 17.5. The van der Waals surface area contributed by atoms with E-state index >= 15 is 0 Å². The van der Waals surface area contributed by atoms with Crippen LogP contribution >= 0.6 is 57.4 Å². The third-order valence-corrected chi connectivity index (χ3v) is 8.28. The molecule has 40 heavy (non-hydrogen) atoms. The van der Waals surface area contributed by atoms with Gasteiger partial charge in [-0.3, -0.25) is 9.78 Å². The highest BCUT2D eigenvalue weighted by Crippen LogP contribution is 2.50. The van der Waals surface area contributed by atoms with E-state index in [0.717, 1.165) is 16.4 Å². The van der Waals surface area contributed by atoms with Crippen molar-refractivity contribution in [1.82, 2.24) is 4.98 Å². The second kappa shape index (κ2) is 13.8. The Hall–Kier alpha value is -2.61. The second-order valence-corrected chi connectivity index (χ2v) is 11.7. The fraction of sp³-hybridized carbons (Fsp3) is 0.233. The Morgan fingerprint density at radius 3 is 2.60 bits per heavy atom. The molecule has 0 amide bonds. The summed E-state index contributed by atoms with van der Waals surface area (Å²) in [6.45, 7) is 0.408. The molecule has 6 nitrogen and oxygen atoms in total. The van der Waals surface area contributed by atoms with Gasteiger partial charge in [-0.15, -0.1) is 0 Å². The van der Waals surface area contributed by atoms with Gasteiger partial charge >= 0.3 is 0 Å². The standard InChI is InChI=1S/C30H24Cl3IN2O4/c31-26-13-24(18-37)27(38-19-22-12-21(15-35)16-36-17-22)14-28(26)39-20-29(40-11-5-10-34)9-4-8-25(30(29,32)33)23-6-2-1-3-7-23/h1-4,6-9,12-14,16-18H,5,10-11,19-20H2. The van der Waals surface area contributed by atoms with Crippen molar-refractivity contribution in [3.63, 3.8) is 0 Å². The number of halogens is 4. The molecule has 2 aromatic carbocycles. The fourth-order valence-corrected chi connectivity index (χ4v) is 5.34. The summed E-state index contributed by atoms with van der Waals surface area (Å²) in [7, 11) is 0. The number of nitriles is 1. The van der Waals surface area contributed by atoms with Crippen LogP contribution in [0.3, 0.4) is 0 Å². The predicted molar refractivity (Wildman–Crippen MR) is 166 cm³/mol. The Kier molecular flexibility index (Phi) is 10.5. The summed E-state index contributed by atoms with van der Waals surface area (Å²) in [5, 5.41) is 9.33. The van der Waals surface area contributed by atoms with Crippen LogP contribution in [0.1, 0.15) is 33.5 Å². The van der Waals surface area contributed by atoms with Crippen molar-refractivity contribution in [2.45, 2.75) is 23.0 Å². The molecule has 0 bridgehead atoms. The van der Waals surface area contributed by atoms with Crippen LogP contribution in [0.2, 0.25) is 5.02 Å². The first-order chi connectivity index (χ1) is 19.3. The maximum Gasteiger partial charge on any atom is 0.179 e. The third-order valence-electron chi connectivity index (χ3n) is 6.17. The predicted octanol–water partition coefficient (Wildman–Crippen LogP) is 7.78. The first-order valence-electron chi connectivity index (χ1n) is 12.2. The number of benzene rings is 2. The van der Waals surface area contributed by atoms with E-state index in [2.05, 4.69) is 27.6 Å². The number of allylic oxidation sites excluding steroid dienone is 2. The molecular weight excluding hydrogens is 686 g/mol. The summed E-state index contributed by atoms with van der Waals surface area (Å²) in [6.07, 6.45) is 9.99. The number of pyridine rings is 1. The number of alkyl halides is 3. The second-order valence-electron chi connectivity index (χ2n) is 8.87. The Balaban J connectivity index is 1.61. The highest BCUT2D eigenvalue weighted by molar-refractivity contribution is 14.1. The Bertz CT molecular complexity index is 1460. The van der Waals surface area contributed by atoms with E-state index in [1.54, 1.807) is 18.3 Å². The van der Waals surface area contributed by atoms with Gasteiger partial charge in [0.15, 0.2) is 16.2 Å². The number of aldehydes is 1. The molecule has 0 fully saturated rings. The highest BCUT2D eigenvalue weighted by atomic mass is 127. The molecule has 0 spiro atoms. The average Bonchev–Trinajstić information content (AvgIpc) is 2.97. The molecule has 0 saturated heterocycles. The Labute approximate surface area is 261 Å². The van der Waals surface area contributed by atoms with Gasteiger partial charge in [-0.05, 0) is 35.8 Å². The average molecular weight is 710 g/mol. The lowest BCUT2D eigenvalue weighted by Gasteiger charge is -2.43. The Morgan fingerprint density at radius 2 is 1.88 bits per heavy atom. The molecule has 0 radical (unpaired) electrons. The van der Waals surface area contributed by atoms with Crippen LogP contribution in [0, 0.1) is 11.3 Å². The zero-order valence-corrected chi connectivity index (χ0v) is 25.6. The van der Waals surface area contributed by atoms with Crippen molar-refractivity contribution < 1.29 is 19.0 Å². The van der Waals surface area contributed by atoms with Crippen molar-refractivity contribution in [2.75, 3.05) is 17.6 Å². The lowest BCUT2D eigenvalue weighted by molar-refractivity contribution is -0.0396. The summed E-state index contributed by atoms with van der Waals surface area (Å²) >= 11 is 23.0. The van der Waals surface area contributed by atoms with Crippen molar-refractivity contribution >= 4 is 69.3 Å². The lowest BCUT2D eigenvalue weighted by Crippen LogP contribution is -2.53. The van der Waals surface area contributed by atoms with Crippen LogP contribution in [0.25, 0.3) is 5.57 Å². The largest absolute Gasteiger partial charge is 0.488 e. The summed E-state index contributed by atoms with van der Waals surface area (Å²) in [6, 6.07) is 16.3. The van der Waals surface area contributed by atoms with Gasteiger partial charge < -0.3 is 14.2 Å². The number of ether oxygens (including phenoxy) is 3. The molecule has 0 saturated carbocycles. The van der Waals surface area contributed by atoms with E-state index in [1.165, 1.54) is 18.3 Å². The molecule has 1 atom stereocenters. The zero-order valence-electron chi connectivity index (χ0n) is 21.2. The molecule has 1 heterocycles. The number of hydrogen-bond acceptors (Lipinski definition) is 6. The van der Waals surface area contributed by atoms with Crippen LogP contribution in [-0.4, -0.2) is 38.8 Å². The van der Waals surface area contributed by atoms with Gasteiger partial charge in [-0.1, -0.05) is 99.9 Å². The van der Waals surface area contributed by atoms with E-state index in [1.807, 2.05) is 48.6 Å². The van der Waals surface area contributed by atoms with Gasteiger partial charge in [0, 0.05) is 35.1 Å². The monoisotopic (exact) mass is 708 g/mol. The van der Waals surface area contributed by atoms with E-state index in [0.29, 0.717) is 29.6 Å². The van der Waals surface area contributed by atoms with Crippen LogP contribution < -0.4 is 9.47 Å². The number of nitrogens with zero attached hydrogens (tertiary/aromatic N) is 2. The van der Waals surface area contributed by atoms with Gasteiger partial charge in [-0.2, -0.15) is 5.26 Å². The molecular formula is C30H24Cl3IN2O4. The van der Waals surface area contributed by atoms with E-state index < -0.39 is 9.93 Å². The zero-order chi connectivity index (χ0) is 28.6. The SMILES string of the molecule is N#Cc1cncc(COc2cc(OCC3(OCCCI)C=CC=C(c4ccccc4)C3(Cl)Cl)c(Cl)cc2C=O)c1. The van der Waals surface area contributed by atoms with Gasteiger partial charge in [0.25, 0.3) is 0 Å². The summed E-state index contributed by atoms with van der Waals surface area (Å²) in [5.41, 5.74) is 1.59. The number of hydrogen-bond donors (Lipinski definition) is 0. The van der Waals surface area contributed by atoms with E-state index in [9.17, 15) is 4.79 Å². The molecule has 1 aliphatic rings. The highest BCUT2D eigenvalue weighted by Gasteiger charge is 2.54. The fourth-order valence-electron chi connectivity index (χ4n) is 4.11. The summed E-state index contributed by atoms with van der Waals surface area (Å²) in [5.74, 6) is 0.514. The Morgan fingerprint density at radius 1 is 1.07 bits per heavy atom. The molecule has 0 N–H and O–H groups in total. The van der Waals surface area contributed by atoms with Crippen LogP contribution in [0.5, 0.6) is 11.5 Å². The van der Waals surface area contributed by atoms with Crippen molar-refractivity contribution in [1.29, 1.82) is 5.26 Å². The number of carbonyl (C=O) groups is 1. The number of carbonyl (C=O) groups excluding carboxylic acids is 1. The maximum atomic E-state index is 11.8. The lowest BCUT2D eigenvalue weighted by atomic mass is 9.85. The molecule has 1 aliphatic carbocycles. The quantitative estimate of drug-likeness (QED) is 0.0827. The first kappa shape index (κ1) is 30.4. The molecule has 1 aromatic heterocycles. The van der Waals surface area contributed by atoms with Crippen molar-refractivity contribution in [3.05, 3.63) is 106 Å². The molecule has 206 valence electrons. The third kappa shape index (κ3) is 6.81. The number of rotatable bonds is 12. The summed E-state index contributed by atoms with van der Waals surface area (Å²) in [4.78, 5) is 15.8. The molecule has 4 rings (SSSR count). The van der Waals surface area contributed by atoms with Crippen molar-refractivity contribution in [3.8, 4) is 17.6 Å². The smallest absolute Gasteiger partial charge is 0.179 e. The minimum Gasteiger partial charge on any atom is -0.488 e. The minimum atomic E-state index is -1.50. The minimum absolute atomic E-state index is 0.0738. The van der Waals surface area contributed by atoms with Gasteiger partial charge in [-0.25, -0.2) is 0 Å². The maximum absolute atomic E-state index is 11.8. The van der Waals surface area contributed by atoms with E-state index in [-0.39, 0.29) is 35.3 Å². The molecule has 3 aromatic rings. The van der Waals surface area contributed by atoms with Crippen LogP contribution in [0.4, 0.5) is 0 Å². The molecule has 1 unspecified atom stereocenters. The first-order valence-corrected chi connectivity index (χ1v) is 14.9. The van der Waals surface area contributed by atoms with E-state index in [4.69, 9.17) is 54.3 Å². The van der Waals surface area contributed by atoms with Gasteiger partial charge in [0.05, 0.1) is 16.1 Å². The van der Waals surface area contributed by atoms with Crippen LogP contribution in [0.15, 0.2) is 79.2 Å². The molecule has 10 heteroatoms. The topological polar surface area (TPSA) is 81.4 Å². The molecule has 0 aliphatic heterocycles. The van der Waals surface area contributed by atoms with Crippen molar-refractivity contribution in [2.24, 2.45) is 0 Å². The van der Waals surface area contributed by atoms with Gasteiger partial charge in [0.1, 0.15) is 30.8 Å². The van der Waals surface area contributed by atoms with Gasteiger partial charge in [0.2, 0.25) is 0 Å². The van der Waals surface area contributed by atoms with Crippen LogP contribution in [-0.2, 0) is 11.3 Å². The summed E-state index contributed by atoms with van der Waals surface area (Å²) < 4.78 is 17.8. The number of aromatic nitrogens is 1.